The summed E-state index contributed by atoms with van der Waals surface area (Å²) >= 11 is 0. The number of aliphatic hydroxyl groups excluding tert-OH is 1. The molecular weight excluding hydrogens is 216 g/mol. The first kappa shape index (κ1) is 13.9. The quantitative estimate of drug-likeness (QED) is 0.563. The Morgan fingerprint density at radius 3 is 2.59 bits per heavy atom. The lowest BCUT2D eigenvalue weighted by Gasteiger charge is -2.05. The third-order valence-corrected chi connectivity index (χ3v) is 2.33. The summed E-state index contributed by atoms with van der Waals surface area (Å²) in [7, 11) is 0. The van der Waals surface area contributed by atoms with E-state index in [1.807, 2.05) is 12.4 Å². The van der Waals surface area contributed by atoms with E-state index in [0.29, 0.717) is 5.95 Å². The minimum atomic E-state index is 0.266. The minimum absolute atomic E-state index is 0.266. The maximum absolute atomic E-state index is 8.63. The fraction of sp³-hybridized carbons (Fsp3) is 0.667. The second-order valence-electron chi connectivity index (χ2n) is 3.95. The van der Waals surface area contributed by atoms with Crippen LogP contribution in [-0.4, -0.2) is 34.8 Å². The SMILES string of the molecule is CCCNc1ncc(CNCCCCO)cn1. The highest BCUT2D eigenvalue weighted by atomic mass is 16.2. The molecule has 17 heavy (non-hydrogen) atoms. The Bertz CT molecular complexity index is 289. The van der Waals surface area contributed by atoms with Gasteiger partial charge in [0, 0.05) is 37.7 Å². The summed E-state index contributed by atoms with van der Waals surface area (Å²) in [6, 6.07) is 0. The van der Waals surface area contributed by atoms with Crippen molar-refractivity contribution in [3.05, 3.63) is 18.0 Å². The molecule has 0 atom stereocenters. The molecule has 0 saturated heterocycles. The van der Waals surface area contributed by atoms with Crippen molar-refractivity contribution >= 4 is 5.95 Å². The standard InChI is InChI=1S/C12H22N4O/c1-2-5-14-12-15-9-11(10-16-12)8-13-6-3-4-7-17/h9-10,13,17H,2-8H2,1H3,(H,14,15,16). The lowest BCUT2D eigenvalue weighted by Crippen LogP contribution is -2.15. The molecule has 0 aromatic carbocycles. The third kappa shape index (κ3) is 6.19. The molecule has 1 rings (SSSR count). The fourth-order valence-electron chi connectivity index (χ4n) is 1.37. The molecule has 1 aromatic rings. The first-order chi connectivity index (χ1) is 8.36. The van der Waals surface area contributed by atoms with Gasteiger partial charge >= 0.3 is 0 Å². The molecule has 1 aromatic heterocycles. The van der Waals surface area contributed by atoms with Crippen molar-refractivity contribution in [2.45, 2.75) is 32.7 Å². The second-order valence-corrected chi connectivity index (χ2v) is 3.95. The number of aliphatic hydroxyl groups is 1. The van der Waals surface area contributed by atoms with Gasteiger partial charge in [0.05, 0.1) is 0 Å². The van der Waals surface area contributed by atoms with Crippen LogP contribution in [-0.2, 0) is 6.54 Å². The molecular formula is C12H22N4O. The highest BCUT2D eigenvalue weighted by Gasteiger charge is 1.96. The van der Waals surface area contributed by atoms with E-state index in [1.165, 1.54) is 0 Å². The maximum atomic E-state index is 8.63. The summed E-state index contributed by atoms with van der Waals surface area (Å²) in [5.41, 5.74) is 1.08. The number of anilines is 1. The average Bonchev–Trinajstić information content (AvgIpc) is 2.37. The van der Waals surface area contributed by atoms with E-state index in [-0.39, 0.29) is 6.61 Å². The average molecular weight is 238 g/mol. The Balaban J connectivity index is 2.20. The molecule has 0 fully saturated rings. The summed E-state index contributed by atoms with van der Waals surface area (Å²) < 4.78 is 0. The van der Waals surface area contributed by atoms with Gasteiger partial charge in [-0.2, -0.15) is 0 Å². The second kappa shape index (κ2) is 8.90. The smallest absolute Gasteiger partial charge is 0.222 e. The molecule has 0 amide bonds. The van der Waals surface area contributed by atoms with Gasteiger partial charge in [-0.05, 0) is 25.8 Å². The zero-order valence-electron chi connectivity index (χ0n) is 10.4. The van der Waals surface area contributed by atoms with Gasteiger partial charge in [0.25, 0.3) is 0 Å². The topological polar surface area (TPSA) is 70.1 Å². The molecule has 0 spiro atoms. The molecule has 5 nitrogen and oxygen atoms in total. The summed E-state index contributed by atoms with van der Waals surface area (Å²) in [6.07, 6.45) is 6.59. The molecule has 5 heteroatoms. The number of hydrogen-bond acceptors (Lipinski definition) is 5. The number of hydrogen-bond donors (Lipinski definition) is 3. The van der Waals surface area contributed by atoms with Gasteiger partial charge in [0.1, 0.15) is 0 Å². The van der Waals surface area contributed by atoms with Gasteiger partial charge in [-0.15, -0.1) is 0 Å². The van der Waals surface area contributed by atoms with Crippen LogP contribution in [0.1, 0.15) is 31.7 Å². The summed E-state index contributed by atoms with van der Waals surface area (Å²) in [5.74, 6) is 0.691. The van der Waals surface area contributed by atoms with Crippen molar-refractivity contribution < 1.29 is 5.11 Å². The number of unbranched alkanes of at least 4 members (excludes halogenated alkanes) is 1. The molecule has 3 N–H and O–H groups in total. The van der Waals surface area contributed by atoms with Gasteiger partial charge in [-0.25, -0.2) is 9.97 Å². The molecule has 0 saturated carbocycles. The molecule has 0 aliphatic rings. The van der Waals surface area contributed by atoms with Crippen LogP contribution in [0.5, 0.6) is 0 Å². The number of nitrogens with zero attached hydrogens (tertiary/aromatic N) is 2. The van der Waals surface area contributed by atoms with Gasteiger partial charge in [0.15, 0.2) is 0 Å². The van der Waals surface area contributed by atoms with Crippen molar-refractivity contribution in [2.75, 3.05) is 25.0 Å². The zero-order valence-corrected chi connectivity index (χ0v) is 10.4. The van der Waals surface area contributed by atoms with E-state index in [4.69, 9.17) is 5.11 Å². The Kier molecular flexibility index (Phi) is 7.25. The largest absolute Gasteiger partial charge is 0.396 e. The van der Waals surface area contributed by atoms with Crippen LogP contribution in [0.3, 0.4) is 0 Å². The minimum Gasteiger partial charge on any atom is -0.396 e. The Labute approximate surface area is 103 Å². The van der Waals surface area contributed by atoms with Crippen LogP contribution in [0.25, 0.3) is 0 Å². The highest BCUT2D eigenvalue weighted by molar-refractivity contribution is 5.24. The summed E-state index contributed by atoms with van der Waals surface area (Å²) in [6.45, 7) is 4.97. The Morgan fingerprint density at radius 2 is 1.94 bits per heavy atom. The first-order valence-corrected chi connectivity index (χ1v) is 6.23. The Hall–Kier alpha value is -1.20. The highest BCUT2D eigenvalue weighted by Crippen LogP contribution is 2.00. The van der Waals surface area contributed by atoms with Crippen LogP contribution in [0.2, 0.25) is 0 Å². The summed E-state index contributed by atoms with van der Waals surface area (Å²) in [4.78, 5) is 8.46. The van der Waals surface area contributed by atoms with Crippen molar-refractivity contribution in [2.24, 2.45) is 0 Å². The number of rotatable bonds is 9. The molecule has 96 valence electrons. The maximum Gasteiger partial charge on any atom is 0.222 e. The van der Waals surface area contributed by atoms with Crippen LogP contribution in [0, 0.1) is 0 Å². The van der Waals surface area contributed by atoms with E-state index in [1.54, 1.807) is 0 Å². The summed E-state index contributed by atoms with van der Waals surface area (Å²) in [5, 5.41) is 15.1. The van der Waals surface area contributed by atoms with Crippen molar-refractivity contribution in [1.82, 2.24) is 15.3 Å². The van der Waals surface area contributed by atoms with E-state index in [0.717, 1.165) is 44.5 Å². The Morgan fingerprint density at radius 1 is 1.18 bits per heavy atom. The lowest BCUT2D eigenvalue weighted by atomic mass is 10.3. The van der Waals surface area contributed by atoms with E-state index >= 15 is 0 Å². The van der Waals surface area contributed by atoms with Gasteiger partial charge < -0.3 is 15.7 Å². The lowest BCUT2D eigenvalue weighted by molar-refractivity contribution is 0.283. The van der Waals surface area contributed by atoms with Gasteiger partial charge in [-0.3, -0.25) is 0 Å². The van der Waals surface area contributed by atoms with Crippen molar-refractivity contribution in [3.63, 3.8) is 0 Å². The van der Waals surface area contributed by atoms with Crippen LogP contribution < -0.4 is 10.6 Å². The van der Waals surface area contributed by atoms with Crippen LogP contribution >= 0.6 is 0 Å². The van der Waals surface area contributed by atoms with Crippen LogP contribution in [0.4, 0.5) is 5.95 Å². The van der Waals surface area contributed by atoms with Gasteiger partial charge in [0.2, 0.25) is 5.95 Å². The predicted octanol–water partition coefficient (Wildman–Crippen LogP) is 1.16. The number of aromatic nitrogens is 2. The fourth-order valence-corrected chi connectivity index (χ4v) is 1.37. The molecule has 0 aliphatic carbocycles. The van der Waals surface area contributed by atoms with E-state index in [9.17, 15) is 0 Å². The first-order valence-electron chi connectivity index (χ1n) is 6.23. The molecule has 0 radical (unpaired) electrons. The van der Waals surface area contributed by atoms with Crippen molar-refractivity contribution in [3.8, 4) is 0 Å². The normalized spacial score (nSPS) is 10.5. The molecule has 1 heterocycles. The van der Waals surface area contributed by atoms with Crippen molar-refractivity contribution in [1.29, 1.82) is 0 Å². The zero-order chi connectivity index (χ0) is 12.3. The predicted molar refractivity (Wildman–Crippen MR) is 68.8 cm³/mol. The third-order valence-electron chi connectivity index (χ3n) is 2.33. The molecule has 0 unspecified atom stereocenters. The monoisotopic (exact) mass is 238 g/mol. The van der Waals surface area contributed by atoms with Crippen LogP contribution in [0.15, 0.2) is 12.4 Å². The molecule has 0 bridgehead atoms. The molecule has 0 aliphatic heterocycles. The van der Waals surface area contributed by atoms with E-state index < -0.39 is 0 Å². The van der Waals surface area contributed by atoms with E-state index in [2.05, 4.69) is 27.5 Å². The number of nitrogens with one attached hydrogen (secondary N) is 2. The van der Waals surface area contributed by atoms with Gasteiger partial charge in [-0.1, -0.05) is 6.92 Å².